The Bertz CT molecular complexity index is 1100. The Morgan fingerprint density at radius 2 is 1.61 bits per heavy atom. The molecule has 0 atom stereocenters. The quantitative estimate of drug-likeness (QED) is 0.467. The molecular weight excluding hydrogens is 426 g/mol. The second kappa shape index (κ2) is 11.1. The van der Waals surface area contributed by atoms with Gasteiger partial charge in [-0.2, -0.15) is 5.10 Å². The average molecular weight is 456 g/mol. The van der Waals surface area contributed by atoms with Crippen molar-refractivity contribution >= 4 is 11.6 Å². The van der Waals surface area contributed by atoms with E-state index in [2.05, 4.69) is 10.4 Å². The van der Waals surface area contributed by atoms with E-state index in [0.717, 1.165) is 5.56 Å². The van der Waals surface area contributed by atoms with Crippen LogP contribution in [0.5, 0.6) is 28.7 Å². The number of carbonyl (C=O) groups excluding carboxylic acids is 1. The summed E-state index contributed by atoms with van der Waals surface area (Å²) >= 11 is 0. The molecule has 1 N–H and O–H groups in total. The number of hydrogen-bond acceptors (Lipinski definition) is 7. The van der Waals surface area contributed by atoms with E-state index in [1.54, 1.807) is 29.2 Å². The van der Waals surface area contributed by atoms with Crippen LogP contribution in [0.2, 0.25) is 0 Å². The summed E-state index contributed by atoms with van der Waals surface area (Å²) in [5.41, 5.74) is 1.85. The summed E-state index contributed by atoms with van der Waals surface area (Å²) in [5, 5.41) is 7.19. The fourth-order valence-corrected chi connectivity index (χ4v) is 3.37. The number of hydrogen-bond donors (Lipinski definition) is 1. The third-order valence-corrected chi connectivity index (χ3v) is 4.79. The van der Waals surface area contributed by atoms with Crippen LogP contribution in [-0.4, -0.2) is 50.2 Å². The standard InChI is InChI=1S/C24H29N3O6/c1-6-32-19-10-8-16(12-21(19)33-7-2)14-27-15-17(13-25-27)26-24(28)18-9-11-20(29-3)23(31-5)22(18)30-4/h8-13,15H,6-7,14H2,1-5H3,(H,26,28). The molecule has 176 valence electrons. The van der Waals surface area contributed by atoms with Gasteiger partial charge in [0.05, 0.1) is 58.5 Å². The molecule has 2 aromatic carbocycles. The predicted octanol–water partition coefficient (Wildman–Crippen LogP) is 4.01. The zero-order chi connectivity index (χ0) is 23.8. The number of rotatable bonds is 11. The first-order chi connectivity index (χ1) is 16.0. The van der Waals surface area contributed by atoms with Crippen molar-refractivity contribution in [2.24, 2.45) is 0 Å². The molecule has 9 nitrogen and oxygen atoms in total. The summed E-state index contributed by atoms with van der Waals surface area (Å²) in [7, 11) is 4.48. The third-order valence-electron chi connectivity index (χ3n) is 4.79. The molecule has 0 aliphatic rings. The Morgan fingerprint density at radius 1 is 0.909 bits per heavy atom. The molecule has 1 amide bonds. The molecule has 3 aromatic rings. The Hall–Kier alpha value is -3.88. The highest BCUT2D eigenvalue weighted by molar-refractivity contribution is 6.06. The maximum Gasteiger partial charge on any atom is 0.259 e. The van der Waals surface area contributed by atoms with Gasteiger partial charge in [-0.15, -0.1) is 0 Å². The fourth-order valence-electron chi connectivity index (χ4n) is 3.37. The van der Waals surface area contributed by atoms with E-state index in [4.69, 9.17) is 23.7 Å². The topological polar surface area (TPSA) is 93.1 Å². The SMILES string of the molecule is CCOc1ccc(Cn2cc(NC(=O)c3ccc(OC)c(OC)c3OC)cn2)cc1OCC. The van der Waals surface area contributed by atoms with Gasteiger partial charge in [0.15, 0.2) is 23.0 Å². The van der Waals surface area contributed by atoms with Gasteiger partial charge < -0.3 is 29.0 Å². The summed E-state index contributed by atoms with van der Waals surface area (Å²) in [4.78, 5) is 12.9. The molecule has 0 bridgehead atoms. The van der Waals surface area contributed by atoms with Crippen molar-refractivity contribution in [3.8, 4) is 28.7 Å². The lowest BCUT2D eigenvalue weighted by molar-refractivity contribution is 0.102. The van der Waals surface area contributed by atoms with Crippen LogP contribution in [0.3, 0.4) is 0 Å². The van der Waals surface area contributed by atoms with Crippen molar-refractivity contribution in [2.45, 2.75) is 20.4 Å². The van der Waals surface area contributed by atoms with Crippen LogP contribution in [0.4, 0.5) is 5.69 Å². The highest BCUT2D eigenvalue weighted by Gasteiger charge is 2.21. The lowest BCUT2D eigenvalue weighted by Crippen LogP contribution is -2.13. The number of methoxy groups -OCH3 is 3. The maximum absolute atomic E-state index is 12.9. The third kappa shape index (κ3) is 5.49. The first-order valence-corrected chi connectivity index (χ1v) is 10.6. The summed E-state index contributed by atoms with van der Waals surface area (Å²) in [6, 6.07) is 9.06. The number of aromatic nitrogens is 2. The van der Waals surface area contributed by atoms with Crippen molar-refractivity contribution in [2.75, 3.05) is 39.9 Å². The number of carbonyl (C=O) groups is 1. The van der Waals surface area contributed by atoms with E-state index >= 15 is 0 Å². The number of ether oxygens (including phenoxy) is 5. The van der Waals surface area contributed by atoms with Gasteiger partial charge in [-0.05, 0) is 43.7 Å². The molecule has 0 fully saturated rings. The van der Waals surface area contributed by atoms with E-state index in [0.29, 0.717) is 59.8 Å². The van der Waals surface area contributed by atoms with Gasteiger partial charge in [0.1, 0.15) is 0 Å². The Morgan fingerprint density at radius 3 is 2.27 bits per heavy atom. The van der Waals surface area contributed by atoms with Gasteiger partial charge >= 0.3 is 0 Å². The Kier molecular flexibility index (Phi) is 8.01. The maximum atomic E-state index is 12.9. The molecule has 0 saturated heterocycles. The first-order valence-electron chi connectivity index (χ1n) is 10.6. The molecule has 0 aliphatic heterocycles. The molecule has 0 unspecified atom stereocenters. The number of nitrogens with one attached hydrogen (secondary N) is 1. The van der Waals surface area contributed by atoms with Crippen LogP contribution < -0.4 is 29.0 Å². The van der Waals surface area contributed by atoms with Crippen LogP contribution in [0.15, 0.2) is 42.7 Å². The second-order valence-electron chi connectivity index (χ2n) is 6.91. The molecule has 0 saturated carbocycles. The van der Waals surface area contributed by atoms with Crippen LogP contribution in [0.25, 0.3) is 0 Å². The van der Waals surface area contributed by atoms with Crippen LogP contribution in [-0.2, 0) is 6.54 Å². The van der Waals surface area contributed by atoms with Crippen LogP contribution in [0, 0.1) is 0 Å². The smallest absolute Gasteiger partial charge is 0.259 e. The summed E-state index contributed by atoms with van der Waals surface area (Å²) in [6.45, 7) is 5.47. The van der Waals surface area contributed by atoms with Crippen molar-refractivity contribution < 1.29 is 28.5 Å². The lowest BCUT2D eigenvalue weighted by Gasteiger charge is -2.15. The molecule has 0 spiro atoms. The van der Waals surface area contributed by atoms with Gasteiger partial charge in [-0.1, -0.05) is 6.07 Å². The van der Waals surface area contributed by atoms with Gasteiger partial charge in [0, 0.05) is 6.20 Å². The van der Waals surface area contributed by atoms with Gasteiger partial charge in [-0.3, -0.25) is 9.48 Å². The second-order valence-corrected chi connectivity index (χ2v) is 6.91. The van der Waals surface area contributed by atoms with E-state index < -0.39 is 0 Å². The highest BCUT2D eigenvalue weighted by Crippen LogP contribution is 2.40. The van der Waals surface area contributed by atoms with Gasteiger partial charge in [-0.25, -0.2) is 0 Å². The lowest BCUT2D eigenvalue weighted by atomic mass is 10.1. The van der Waals surface area contributed by atoms with Crippen LogP contribution in [0.1, 0.15) is 29.8 Å². The summed E-state index contributed by atoms with van der Waals surface area (Å²) in [6.07, 6.45) is 3.34. The normalized spacial score (nSPS) is 10.5. The molecule has 1 aromatic heterocycles. The molecule has 0 aliphatic carbocycles. The Labute approximate surface area is 193 Å². The zero-order valence-electron chi connectivity index (χ0n) is 19.5. The van der Waals surface area contributed by atoms with E-state index in [9.17, 15) is 4.79 Å². The monoisotopic (exact) mass is 455 g/mol. The summed E-state index contributed by atoms with van der Waals surface area (Å²) in [5.74, 6) is 2.16. The van der Waals surface area contributed by atoms with Gasteiger partial charge in [0.2, 0.25) is 5.75 Å². The van der Waals surface area contributed by atoms with Crippen molar-refractivity contribution in [1.29, 1.82) is 0 Å². The van der Waals surface area contributed by atoms with Crippen molar-refractivity contribution in [3.05, 3.63) is 53.9 Å². The van der Waals surface area contributed by atoms with E-state index in [1.807, 2.05) is 32.0 Å². The van der Waals surface area contributed by atoms with E-state index in [-0.39, 0.29) is 5.91 Å². The molecule has 1 heterocycles. The largest absolute Gasteiger partial charge is 0.493 e. The minimum absolute atomic E-state index is 0.291. The van der Waals surface area contributed by atoms with E-state index in [1.165, 1.54) is 21.3 Å². The highest BCUT2D eigenvalue weighted by atomic mass is 16.5. The minimum atomic E-state index is -0.355. The molecular formula is C24H29N3O6. The molecule has 0 radical (unpaired) electrons. The first kappa shape index (κ1) is 23.8. The fraction of sp³-hybridized carbons (Fsp3) is 0.333. The van der Waals surface area contributed by atoms with Crippen LogP contribution >= 0.6 is 0 Å². The van der Waals surface area contributed by atoms with Crippen molar-refractivity contribution in [3.63, 3.8) is 0 Å². The predicted molar refractivity (Wildman–Crippen MR) is 124 cm³/mol. The number of amides is 1. The summed E-state index contributed by atoms with van der Waals surface area (Å²) < 4.78 is 29.1. The number of anilines is 1. The average Bonchev–Trinajstić information content (AvgIpc) is 3.26. The molecule has 3 rings (SSSR count). The minimum Gasteiger partial charge on any atom is -0.493 e. The molecule has 9 heteroatoms. The Balaban J connectivity index is 1.75. The number of nitrogens with zero attached hydrogens (tertiary/aromatic N) is 2. The zero-order valence-corrected chi connectivity index (χ0v) is 19.5. The molecule has 33 heavy (non-hydrogen) atoms. The van der Waals surface area contributed by atoms with Gasteiger partial charge in [0.25, 0.3) is 5.91 Å². The van der Waals surface area contributed by atoms with Crippen molar-refractivity contribution in [1.82, 2.24) is 9.78 Å². The number of benzene rings is 2.